The third-order valence-corrected chi connectivity index (χ3v) is 4.12. The van der Waals surface area contributed by atoms with Gasteiger partial charge in [-0.2, -0.15) is 0 Å². The van der Waals surface area contributed by atoms with E-state index < -0.39 is 0 Å². The topological polar surface area (TPSA) is 55.2 Å². The molecule has 0 spiro atoms. The van der Waals surface area contributed by atoms with Crippen LogP contribution in [-0.4, -0.2) is 22.6 Å². The van der Waals surface area contributed by atoms with Crippen molar-refractivity contribution in [3.63, 3.8) is 0 Å². The van der Waals surface area contributed by atoms with E-state index in [0.717, 1.165) is 25.2 Å². The van der Waals surface area contributed by atoms with Gasteiger partial charge in [0, 0.05) is 30.3 Å². The molecule has 1 fully saturated rings. The molecule has 1 aromatic carbocycles. The summed E-state index contributed by atoms with van der Waals surface area (Å²) in [7, 11) is 2.02. The molecule has 2 aromatic rings. The Balaban J connectivity index is 1.77. The number of nitro benzene ring substituents is 1. The van der Waals surface area contributed by atoms with Crippen molar-refractivity contribution in [2.45, 2.75) is 19.4 Å². The van der Waals surface area contributed by atoms with Crippen LogP contribution >= 0.6 is 0 Å². The first kappa shape index (κ1) is 13.6. The average Bonchev–Trinajstić information content (AvgIpc) is 3.06. The minimum atomic E-state index is -0.328. The lowest BCUT2D eigenvalue weighted by Crippen LogP contribution is -2.25. The lowest BCUT2D eigenvalue weighted by molar-refractivity contribution is -0.671. The Morgan fingerprint density at radius 2 is 2.24 bits per heavy atom. The van der Waals surface area contributed by atoms with Gasteiger partial charge in [0.2, 0.25) is 6.33 Å². The number of hydrogen-bond donors (Lipinski definition) is 0. The van der Waals surface area contributed by atoms with Crippen molar-refractivity contribution < 1.29 is 9.49 Å². The molecule has 6 nitrogen and oxygen atoms in total. The van der Waals surface area contributed by atoms with Crippen LogP contribution in [0.3, 0.4) is 0 Å². The molecule has 0 N–H and O–H groups in total. The summed E-state index contributed by atoms with van der Waals surface area (Å²) >= 11 is 0. The van der Waals surface area contributed by atoms with Gasteiger partial charge in [0.05, 0.1) is 18.5 Å². The molecule has 0 radical (unpaired) electrons. The molecule has 6 heteroatoms. The molecule has 3 rings (SSSR count). The Morgan fingerprint density at radius 3 is 2.86 bits per heavy atom. The van der Waals surface area contributed by atoms with Crippen molar-refractivity contribution in [3.05, 3.63) is 52.6 Å². The minimum Gasteiger partial charge on any atom is -0.367 e. The smallest absolute Gasteiger partial charge is 0.272 e. The summed E-state index contributed by atoms with van der Waals surface area (Å²) in [5.74, 6) is 0. The van der Waals surface area contributed by atoms with Crippen LogP contribution < -0.4 is 9.47 Å². The van der Waals surface area contributed by atoms with E-state index in [9.17, 15) is 10.1 Å². The number of nitrogens with zero attached hydrogens (tertiary/aromatic N) is 4. The van der Waals surface area contributed by atoms with Gasteiger partial charge in [-0.3, -0.25) is 10.1 Å². The van der Waals surface area contributed by atoms with Crippen LogP contribution in [0.1, 0.15) is 18.0 Å². The Kier molecular flexibility index (Phi) is 3.37. The second kappa shape index (κ2) is 5.20. The first-order chi connectivity index (χ1) is 10.0. The Hall–Kier alpha value is -2.37. The number of aryl methyl sites for hydroxylation is 2. The van der Waals surface area contributed by atoms with Crippen molar-refractivity contribution >= 4 is 11.4 Å². The Bertz CT molecular complexity index is 680. The van der Waals surface area contributed by atoms with Crippen LogP contribution in [0.5, 0.6) is 0 Å². The first-order valence-electron chi connectivity index (χ1n) is 7.07. The quantitative estimate of drug-likeness (QED) is 0.493. The third kappa shape index (κ3) is 2.61. The van der Waals surface area contributed by atoms with E-state index in [1.165, 1.54) is 0 Å². The highest BCUT2D eigenvalue weighted by Crippen LogP contribution is 2.29. The fourth-order valence-electron chi connectivity index (χ4n) is 2.95. The van der Waals surface area contributed by atoms with Gasteiger partial charge in [0.15, 0.2) is 0 Å². The largest absolute Gasteiger partial charge is 0.367 e. The zero-order chi connectivity index (χ0) is 15.0. The van der Waals surface area contributed by atoms with E-state index in [1.807, 2.05) is 29.9 Å². The molecule has 0 amide bonds. The molecular formula is C15H19N4O2+. The van der Waals surface area contributed by atoms with E-state index in [1.54, 1.807) is 13.0 Å². The van der Waals surface area contributed by atoms with Crippen molar-refractivity contribution in [1.82, 2.24) is 4.57 Å². The highest BCUT2D eigenvalue weighted by atomic mass is 16.6. The number of aromatic nitrogens is 2. The Morgan fingerprint density at radius 1 is 1.43 bits per heavy atom. The summed E-state index contributed by atoms with van der Waals surface area (Å²) in [6.07, 6.45) is 7.31. The maximum atomic E-state index is 10.9. The zero-order valence-corrected chi connectivity index (χ0v) is 12.3. The molecule has 2 heterocycles. The van der Waals surface area contributed by atoms with E-state index in [0.29, 0.717) is 11.6 Å². The first-order valence-corrected chi connectivity index (χ1v) is 7.07. The summed E-state index contributed by atoms with van der Waals surface area (Å²) in [4.78, 5) is 12.8. The number of anilines is 1. The van der Waals surface area contributed by atoms with Crippen LogP contribution in [-0.2, 0) is 7.05 Å². The molecule has 1 aromatic heterocycles. The van der Waals surface area contributed by atoms with Crippen molar-refractivity contribution in [1.29, 1.82) is 0 Å². The van der Waals surface area contributed by atoms with Crippen LogP contribution in [0.15, 0.2) is 36.9 Å². The fraction of sp³-hybridized carbons (Fsp3) is 0.400. The molecule has 0 aliphatic carbocycles. The van der Waals surface area contributed by atoms with Gasteiger partial charge in [-0.15, -0.1) is 0 Å². The highest BCUT2D eigenvalue weighted by molar-refractivity contribution is 5.55. The average molecular weight is 287 g/mol. The van der Waals surface area contributed by atoms with Crippen LogP contribution in [0, 0.1) is 17.0 Å². The minimum absolute atomic E-state index is 0.187. The number of rotatable bonds is 3. The van der Waals surface area contributed by atoms with Gasteiger partial charge >= 0.3 is 0 Å². The third-order valence-electron chi connectivity index (χ3n) is 4.12. The van der Waals surface area contributed by atoms with Gasteiger partial charge in [0.25, 0.3) is 5.69 Å². The fourth-order valence-corrected chi connectivity index (χ4v) is 2.95. The molecule has 1 aliphatic heterocycles. The van der Waals surface area contributed by atoms with Crippen LogP contribution in [0.25, 0.3) is 0 Å². The Labute approximate surface area is 123 Å². The number of nitro groups is 1. The maximum absolute atomic E-state index is 10.9. The predicted molar refractivity (Wildman–Crippen MR) is 79.3 cm³/mol. The van der Waals surface area contributed by atoms with E-state index in [-0.39, 0.29) is 10.6 Å². The molecule has 0 bridgehead atoms. The highest BCUT2D eigenvalue weighted by Gasteiger charge is 2.28. The zero-order valence-electron chi connectivity index (χ0n) is 12.3. The van der Waals surface area contributed by atoms with Gasteiger partial charge in [-0.05, 0) is 19.1 Å². The van der Waals surface area contributed by atoms with Gasteiger partial charge < -0.3 is 4.90 Å². The summed E-state index contributed by atoms with van der Waals surface area (Å²) in [5.41, 5.74) is 1.97. The SMILES string of the molecule is Cc1cc(N2CCC(n3cc[n+](C)c3)C2)ccc1[N+](=O)[O-]. The van der Waals surface area contributed by atoms with Crippen LogP contribution in [0.4, 0.5) is 11.4 Å². The molecule has 1 atom stereocenters. The lowest BCUT2D eigenvalue weighted by Gasteiger charge is -2.18. The summed E-state index contributed by atoms with van der Waals surface area (Å²) in [5, 5.41) is 10.9. The molecule has 1 unspecified atom stereocenters. The maximum Gasteiger partial charge on any atom is 0.272 e. The predicted octanol–water partition coefficient (Wildman–Crippen LogP) is 1.98. The van der Waals surface area contributed by atoms with Crippen molar-refractivity contribution in [2.24, 2.45) is 7.05 Å². The molecule has 1 aliphatic rings. The van der Waals surface area contributed by atoms with Gasteiger partial charge in [0.1, 0.15) is 18.4 Å². The molecule has 21 heavy (non-hydrogen) atoms. The number of hydrogen-bond acceptors (Lipinski definition) is 3. The summed E-state index contributed by atoms with van der Waals surface area (Å²) in [6.45, 7) is 3.71. The second-order valence-corrected chi connectivity index (χ2v) is 5.64. The lowest BCUT2D eigenvalue weighted by atomic mass is 10.1. The second-order valence-electron chi connectivity index (χ2n) is 5.64. The van der Waals surface area contributed by atoms with Crippen molar-refractivity contribution in [2.75, 3.05) is 18.0 Å². The number of imidazole rings is 1. The monoisotopic (exact) mass is 287 g/mol. The van der Waals surface area contributed by atoms with Crippen molar-refractivity contribution in [3.8, 4) is 0 Å². The molecule has 0 saturated carbocycles. The normalized spacial score (nSPS) is 18.2. The van der Waals surface area contributed by atoms with E-state index in [2.05, 4.69) is 22.0 Å². The standard InChI is InChI=1S/C15H19N4O2/c1-12-9-13(3-4-15(12)19(20)21)17-6-5-14(10-17)18-8-7-16(2)11-18/h3-4,7-9,11,14H,5-6,10H2,1-2H3/q+1. The van der Waals surface area contributed by atoms with E-state index in [4.69, 9.17) is 0 Å². The van der Waals surface area contributed by atoms with Gasteiger partial charge in [-0.25, -0.2) is 9.13 Å². The number of benzene rings is 1. The summed E-state index contributed by atoms with van der Waals surface area (Å²) in [6, 6.07) is 5.83. The molecular weight excluding hydrogens is 268 g/mol. The molecule has 110 valence electrons. The van der Waals surface area contributed by atoms with Gasteiger partial charge in [-0.1, -0.05) is 0 Å². The summed E-state index contributed by atoms with van der Waals surface area (Å²) < 4.78 is 4.27. The van der Waals surface area contributed by atoms with Crippen LogP contribution in [0.2, 0.25) is 0 Å². The van der Waals surface area contributed by atoms with E-state index >= 15 is 0 Å². The molecule has 1 saturated heterocycles.